The van der Waals surface area contributed by atoms with E-state index >= 15 is 0 Å². The van der Waals surface area contributed by atoms with Crippen LogP contribution in [0.15, 0.2) is 45.6 Å². The molecule has 0 saturated heterocycles. The average Bonchev–Trinajstić information content (AvgIpc) is 3.23. The zero-order valence-electron chi connectivity index (χ0n) is 20.8. The smallest absolute Gasteiger partial charge is 0.462 e. The number of aliphatic imine (C=N–C) groups is 1. The highest BCUT2D eigenvalue weighted by atomic mass is 19.2. The van der Waals surface area contributed by atoms with Crippen LogP contribution in [-0.2, 0) is 23.9 Å². The maximum Gasteiger partial charge on any atom is 0.677 e. The van der Waals surface area contributed by atoms with E-state index in [2.05, 4.69) is 4.99 Å². The highest BCUT2D eigenvalue weighted by Crippen LogP contribution is 2.41. The van der Waals surface area contributed by atoms with Crippen molar-refractivity contribution in [2.75, 3.05) is 13.2 Å². The summed E-state index contributed by atoms with van der Waals surface area (Å²) in [5.41, 5.74) is 1.17. The van der Waals surface area contributed by atoms with E-state index in [1.165, 1.54) is 19.9 Å². The van der Waals surface area contributed by atoms with Crippen LogP contribution in [-0.4, -0.2) is 54.3 Å². The number of allylic oxidation sites excluding steroid dienone is 6. The number of nitrogens with zero attached hydrogens (tertiary/aromatic N) is 2. The minimum Gasteiger partial charge on any atom is -0.462 e. The first-order valence-electron chi connectivity index (χ1n) is 11.3. The number of ketones is 2. The van der Waals surface area contributed by atoms with Gasteiger partial charge in [-0.25, -0.2) is 9.59 Å². The molecule has 1 aromatic heterocycles. The Morgan fingerprint density at radius 3 is 2.14 bits per heavy atom. The molecule has 0 atom stereocenters. The van der Waals surface area contributed by atoms with Gasteiger partial charge in [0, 0.05) is 17.0 Å². The van der Waals surface area contributed by atoms with E-state index in [9.17, 15) is 27.8 Å². The molecular weight excluding hydrogens is 473 g/mol. The number of esters is 2. The largest absolute Gasteiger partial charge is 0.677 e. The third kappa shape index (κ3) is 4.52. The summed E-state index contributed by atoms with van der Waals surface area (Å²) in [6.45, 7) is 9.44. The van der Waals surface area contributed by atoms with Gasteiger partial charge >= 0.3 is 19.3 Å². The van der Waals surface area contributed by atoms with Crippen LogP contribution >= 0.6 is 0 Å². The van der Waals surface area contributed by atoms with Crippen LogP contribution < -0.4 is 0 Å². The first-order valence-corrected chi connectivity index (χ1v) is 11.3. The van der Waals surface area contributed by atoms with Crippen molar-refractivity contribution in [3.8, 4) is 0 Å². The number of ether oxygens (including phenoxy) is 2. The Labute approximate surface area is 207 Å². The van der Waals surface area contributed by atoms with Crippen molar-refractivity contribution in [1.82, 2.24) is 4.48 Å². The molecule has 8 nitrogen and oxygen atoms in total. The summed E-state index contributed by atoms with van der Waals surface area (Å²) in [6, 6.07) is 0. The van der Waals surface area contributed by atoms with Crippen LogP contribution in [0, 0.1) is 13.8 Å². The Bertz CT molecular complexity index is 1340. The van der Waals surface area contributed by atoms with Crippen molar-refractivity contribution >= 4 is 42.2 Å². The van der Waals surface area contributed by atoms with Gasteiger partial charge in [0.15, 0.2) is 0 Å². The van der Waals surface area contributed by atoms with Crippen LogP contribution in [0.1, 0.15) is 55.0 Å². The monoisotopic (exact) mass is 498 g/mol. The quantitative estimate of drug-likeness (QED) is 0.246. The number of rotatable bonds is 7. The molecule has 0 aromatic carbocycles. The molecule has 0 unspecified atom stereocenters. The van der Waals surface area contributed by atoms with Crippen molar-refractivity contribution in [3.63, 3.8) is 0 Å². The molecule has 0 spiro atoms. The zero-order valence-corrected chi connectivity index (χ0v) is 20.8. The summed E-state index contributed by atoms with van der Waals surface area (Å²) in [5, 5.41) is 0. The van der Waals surface area contributed by atoms with E-state index in [4.69, 9.17) is 9.47 Å². The predicted octanol–water partition coefficient (Wildman–Crippen LogP) is 3.75. The van der Waals surface area contributed by atoms with Crippen molar-refractivity contribution < 1.29 is 37.3 Å². The lowest BCUT2D eigenvalue weighted by Gasteiger charge is -2.18. The van der Waals surface area contributed by atoms with E-state index < -0.39 is 30.9 Å². The molecule has 11 heteroatoms. The number of hydrogen-bond donors (Lipinski definition) is 0. The molecule has 0 amide bonds. The molecule has 2 heterocycles. The fourth-order valence-corrected chi connectivity index (χ4v) is 4.41. The Morgan fingerprint density at radius 1 is 0.972 bits per heavy atom. The number of halogens is 2. The first kappa shape index (κ1) is 26.7. The molecule has 3 rings (SSSR count). The predicted molar refractivity (Wildman–Crippen MR) is 130 cm³/mol. The Balaban J connectivity index is 2.47. The van der Waals surface area contributed by atoms with Gasteiger partial charge in [-0.1, -0.05) is 6.08 Å². The maximum absolute atomic E-state index is 14.5. The van der Waals surface area contributed by atoms with Crippen molar-refractivity contribution in [2.45, 2.75) is 41.5 Å². The van der Waals surface area contributed by atoms with Crippen LogP contribution in [0.2, 0.25) is 0 Å². The lowest BCUT2D eigenvalue weighted by Crippen LogP contribution is -2.20. The van der Waals surface area contributed by atoms with Crippen LogP contribution in [0.4, 0.5) is 8.63 Å². The maximum atomic E-state index is 14.5. The molecule has 2 aliphatic rings. The standard InChI is InChI=1S/C25H25BF2N2O6/c1-7-35-24(33)19-12(3)22(29-14(19)5)21(16-9-10-17(31)18(32)11-16)23-13(4)20(25(34)36-8-2)15(6)30(23)26(27)28/h9-11H,7-8H2,1-6H3/b22-21-. The van der Waals surface area contributed by atoms with Crippen LogP contribution in [0.3, 0.4) is 0 Å². The van der Waals surface area contributed by atoms with Crippen molar-refractivity contribution in [2.24, 2.45) is 4.99 Å². The lowest BCUT2D eigenvalue weighted by atomic mass is 9.89. The molecule has 0 saturated carbocycles. The Morgan fingerprint density at radius 2 is 1.58 bits per heavy atom. The van der Waals surface area contributed by atoms with Gasteiger partial charge in [0.25, 0.3) is 0 Å². The van der Waals surface area contributed by atoms with Gasteiger partial charge in [-0.2, -0.15) is 0 Å². The third-order valence-electron chi connectivity index (χ3n) is 5.93. The molecule has 0 N–H and O–H groups in total. The molecule has 0 bridgehead atoms. The molecule has 1 aliphatic carbocycles. The second kappa shape index (κ2) is 10.4. The van der Waals surface area contributed by atoms with Crippen molar-refractivity contribution in [1.29, 1.82) is 0 Å². The third-order valence-corrected chi connectivity index (χ3v) is 5.93. The number of aromatic nitrogens is 1. The van der Waals surface area contributed by atoms with E-state index in [1.54, 1.807) is 27.7 Å². The average molecular weight is 498 g/mol. The van der Waals surface area contributed by atoms with Gasteiger partial charge in [-0.3, -0.25) is 23.2 Å². The minimum absolute atomic E-state index is 0.0391. The van der Waals surface area contributed by atoms with E-state index in [-0.39, 0.29) is 58.1 Å². The molecule has 0 radical (unpaired) electrons. The molecule has 188 valence electrons. The molecule has 0 fully saturated rings. The fourth-order valence-electron chi connectivity index (χ4n) is 4.41. The number of carbonyl (C=O) groups excluding carboxylic acids is 4. The topological polar surface area (TPSA) is 104 Å². The lowest BCUT2D eigenvalue weighted by molar-refractivity contribution is -0.137. The minimum atomic E-state index is -3.07. The van der Waals surface area contributed by atoms with Gasteiger partial charge in [0.1, 0.15) is 0 Å². The summed E-state index contributed by atoms with van der Waals surface area (Å²) in [5.74, 6) is -3.01. The summed E-state index contributed by atoms with van der Waals surface area (Å²) in [4.78, 5) is 53.9. The van der Waals surface area contributed by atoms with Gasteiger partial charge in [0.05, 0.1) is 35.8 Å². The Kier molecular flexibility index (Phi) is 7.71. The number of hydrogen-bond acceptors (Lipinski definition) is 7. The summed E-state index contributed by atoms with van der Waals surface area (Å²) >= 11 is 0. The van der Waals surface area contributed by atoms with E-state index in [0.29, 0.717) is 15.8 Å². The van der Waals surface area contributed by atoms with Crippen LogP contribution in [0.25, 0.3) is 5.57 Å². The van der Waals surface area contributed by atoms with Gasteiger partial charge in [-0.05, 0) is 70.4 Å². The summed E-state index contributed by atoms with van der Waals surface area (Å²) in [7, 11) is -3.07. The molecule has 1 aromatic rings. The van der Waals surface area contributed by atoms with E-state index in [0.717, 1.165) is 12.2 Å². The Hall–Kier alpha value is -3.89. The van der Waals surface area contributed by atoms with Gasteiger partial charge < -0.3 is 14.0 Å². The second-order valence-electron chi connectivity index (χ2n) is 8.10. The molecule has 36 heavy (non-hydrogen) atoms. The van der Waals surface area contributed by atoms with E-state index in [1.807, 2.05) is 0 Å². The highest BCUT2D eigenvalue weighted by Gasteiger charge is 2.36. The zero-order chi connectivity index (χ0) is 26.9. The van der Waals surface area contributed by atoms with Crippen LogP contribution in [0.5, 0.6) is 0 Å². The van der Waals surface area contributed by atoms with Crippen molar-refractivity contribution in [3.05, 3.63) is 63.2 Å². The van der Waals surface area contributed by atoms with Gasteiger partial charge in [-0.15, -0.1) is 0 Å². The molecule has 1 aliphatic heterocycles. The number of carbonyl (C=O) groups is 4. The SMILES string of the molecule is CCOC(=O)C1=C(C)/C(=C(\C2=CC(=O)C(=O)C=C2)c2c(C)c(C(=O)OCC)c(C)n2B(F)F)N=C1C. The highest BCUT2D eigenvalue weighted by molar-refractivity contribution is 6.47. The van der Waals surface area contributed by atoms with Gasteiger partial charge in [0.2, 0.25) is 11.6 Å². The fraction of sp³-hybridized carbons (Fsp3) is 0.320. The molecular formula is C25H25BF2N2O6. The second-order valence-corrected chi connectivity index (χ2v) is 8.10. The normalized spacial score (nSPS) is 16.8. The summed E-state index contributed by atoms with van der Waals surface area (Å²) < 4.78 is 39.8. The summed E-state index contributed by atoms with van der Waals surface area (Å²) in [6.07, 6.45) is 3.40. The first-order chi connectivity index (χ1) is 17.0.